The maximum Gasteiger partial charge on any atom is 0.152 e. The molecular formula is C9H10NOY-. The van der Waals surface area contributed by atoms with E-state index in [4.69, 9.17) is 5.73 Å². The van der Waals surface area contributed by atoms with Gasteiger partial charge in [-0.3, -0.25) is 4.79 Å². The Morgan fingerprint density at radius 1 is 1.67 bits per heavy atom. The summed E-state index contributed by atoms with van der Waals surface area (Å²) in [5, 5.41) is 0. The molecule has 12 heavy (non-hydrogen) atoms. The van der Waals surface area contributed by atoms with Gasteiger partial charge in [0.15, 0.2) is 5.78 Å². The van der Waals surface area contributed by atoms with E-state index in [-0.39, 0.29) is 45.0 Å². The van der Waals surface area contributed by atoms with Crippen molar-refractivity contribution in [2.45, 2.75) is 6.92 Å². The first kappa shape index (κ1) is 12.0. The molecule has 1 rings (SSSR count). The minimum atomic E-state index is -0.0258. The summed E-state index contributed by atoms with van der Waals surface area (Å²) in [7, 11) is 0. The number of rotatable bonds is 2. The zero-order valence-corrected chi connectivity index (χ0v) is 9.84. The Morgan fingerprint density at radius 2 is 2.33 bits per heavy atom. The van der Waals surface area contributed by atoms with Crippen molar-refractivity contribution < 1.29 is 37.5 Å². The van der Waals surface area contributed by atoms with Crippen LogP contribution in [0.5, 0.6) is 0 Å². The van der Waals surface area contributed by atoms with Crippen LogP contribution in [0.3, 0.4) is 0 Å². The summed E-state index contributed by atoms with van der Waals surface area (Å²) in [6, 6.07) is 8.20. The van der Waals surface area contributed by atoms with Gasteiger partial charge >= 0.3 is 0 Å². The summed E-state index contributed by atoms with van der Waals surface area (Å²) in [5.74, 6) is -0.0258. The molecule has 0 atom stereocenters. The standard InChI is InChI=1S/C9H10NO.Y/c1-7-3-2-4-8(5-7)9(11)6-10;/h2,4-5H,6,10H2,1H3;/q-1;. The molecule has 0 aliphatic rings. The third-order valence-corrected chi connectivity index (χ3v) is 1.45. The van der Waals surface area contributed by atoms with E-state index in [1.807, 2.05) is 6.92 Å². The fourth-order valence-electron chi connectivity index (χ4n) is 0.877. The zero-order chi connectivity index (χ0) is 8.27. The van der Waals surface area contributed by atoms with Gasteiger partial charge in [0.25, 0.3) is 0 Å². The maximum atomic E-state index is 11.0. The number of carbonyl (C=O) groups is 1. The second kappa shape index (κ2) is 5.57. The predicted octanol–water partition coefficient (Wildman–Crippen LogP) is 0.934. The Bertz CT molecular complexity index is 273. The molecule has 0 aliphatic heterocycles. The fourth-order valence-corrected chi connectivity index (χ4v) is 0.877. The van der Waals surface area contributed by atoms with E-state index in [2.05, 4.69) is 6.07 Å². The van der Waals surface area contributed by atoms with Crippen LogP contribution in [0.25, 0.3) is 0 Å². The molecule has 0 bridgehead atoms. The third kappa shape index (κ3) is 3.14. The van der Waals surface area contributed by atoms with E-state index in [1.165, 1.54) is 0 Å². The van der Waals surface area contributed by atoms with E-state index in [0.29, 0.717) is 5.56 Å². The second-order valence-corrected chi connectivity index (χ2v) is 2.39. The van der Waals surface area contributed by atoms with Crippen molar-refractivity contribution >= 4 is 5.78 Å². The average Bonchev–Trinajstić information content (AvgIpc) is 2.03. The molecule has 0 unspecified atom stereocenters. The number of ketones is 1. The summed E-state index contributed by atoms with van der Waals surface area (Å²) in [6.45, 7) is 1.97. The minimum absolute atomic E-state index is 0. The van der Waals surface area contributed by atoms with Crippen molar-refractivity contribution in [3.63, 3.8) is 0 Å². The SMILES string of the molecule is Cc1[c-]ccc(C(=O)CN)c1.[Y]. The van der Waals surface area contributed by atoms with Crippen LogP contribution in [0.15, 0.2) is 18.2 Å². The summed E-state index contributed by atoms with van der Waals surface area (Å²) in [6.07, 6.45) is 0. The molecule has 2 N–H and O–H groups in total. The molecule has 3 heteroatoms. The second-order valence-electron chi connectivity index (χ2n) is 2.39. The Morgan fingerprint density at radius 3 is 2.83 bits per heavy atom. The third-order valence-electron chi connectivity index (χ3n) is 1.45. The Kier molecular flexibility index (Phi) is 5.55. The fraction of sp³-hybridized carbons (Fsp3) is 0.222. The van der Waals surface area contributed by atoms with Crippen LogP contribution < -0.4 is 5.73 Å². The Hall–Kier alpha value is -0.0461. The molecule has 0 aliphatic carbocycles. The summed E-state index contributed by atoms with van der Waals surface area (Å²) < 4.78 is 0. The quantitative estimate of drug-likeness (QED) is 0.614. The minimum Gasteiger partial charge on any atom is -0.324 e. The number of hydrogen-bond acceptors (Lipinski definition) is 2. The molecule has 1 radical (unpaired) electrons. The van der Waals surface area contributed by atoms with Crippen LogP contribution in [0.1, 0.15) is 15.9 Å². The number of benzene rings is 1. The van der Waals surface area contributed by atoms with E-state index < -0.39 is 0 Å². The smallest absolute Gasteiger partial charge is 0.152 e. The molecular weight excluding hydrogens is 227 g/mol. The van der Waals surface area contributed by atoms with Gasteiger partial charge in [-0.15, -0.1) is 0 Å². The number of nitrogens with two attached hydrogens (primary N) is 1. The summed E-state index contributed by atoms with van der Waals surface area (Å²) in [4.78, 5) is 11.0. The van der Waals surface area contributed by atoms with Crippen LogP contribution in [0.2, 0.25) is 0 Å². The molecule has 2 nitrogen and oxygen atoms in total. The first-order chi connectivity index (χ1) is 5.24. The first-order valence-corrected chi connectivity index (χ1v) is 3.45. The molecule has 0 aromatic heterocycles. The predicted molar refractivity (Wildman–Crippen MR) is 43.4 cm³/mol. The van der Waals surface area contributed by atoms with Crippen LogP contribution in [0.4, 0.5) is 0 Å². The average molecular weight is 237 g/mol. The van der Waals surface area contributed by atoms with Gasteiger partial charge in [0.2, 0.25) is 0 Å². The largest absolute Gasteiger partial charge is 0.324 e. The summed E-state index contributed by atoms with van der Waals surface area (Å²) in [5.41, 5.74) is 6.83. The zero-order valence-electron chi connectivity index (χ0n) is 7.00. The molecule has 1 aromatic rings. The van der Waals surface area contributed by atoms with E-state index in [9.17, 15) is 4.79 Å². The van der Waals surface area contributed by atoms with Crippen molar-refractivity contribution in [3.8, 4) is 0 Å². The molecule has 0 fully saturated rings. The van der Waals surface area contributed by atoms with Gasteiger partial charge in [-0.1, -0.05) is 12.5 Å². The molecule has 61 valence electrons. The van der Waals surface area contributed by atoms with Crippen molar-refractivity contribution in [1.29, 1.82) is 0 Å². The van der Waals surface area contributed by atoms with Crippen LogP contribution in [-0.2, 0) is 32.7 Å². The molecule has 0 spiro atoms. The maximum absolute atomic E-state index is 11.0. The van der Waals surface area contributed by atoms with Gasteiger partial charge < -0.3 is 5.73 Å². The number of aryl methyl sites for hydroxylation is 1. The van der Waals surface area contributed by atoms with Gasteiger partial charge in [0, 0.05) is 32.7 Å². The molecule has 1 aromatic carbocycles. The van der Waals surface area contributed by atoms with Crippen molar-refractivity contribution in [2.24, 2.45) is 5.73 Å². The van der Waals surface area contributed by atoms with Crippen molar-refractivity contribution in [2.75, 3.05) is 6.54 Å². The van der Waals surface area contributed by atoms with Crippen LogP contribution in [-0.4, -0.2) is 12.3 Å². The topological polar surface area (TPSA) is 43.1 Å². The van der Waals surface area contributed by atoms with Gasteiger partial charge in [-0.25, -0.2) is 0 Å². The van der Waals surface area contributed by atoms with Crippen molar-refractivity contribution in [1.82, 2.24) is 0 Å². The number of hydrogen-bond donors (Lipinski definition) is 1. The van der Waals surface area contributed by atoms with Gasteiger partial charge in [-0.05, 0) is 0 Å². The first-order valence-electron chi connectivity index (χ1n) is 3.45. The number of Topliss-reactive ketones (excluding diaryl/α,β-unsaturated/α-hetero) is 1. The van der Waals surface area contributed by atoms with Crippen molar-refractivity contribution in [3.05, 3.63) is 35.4 Å². The molecule has 0 amide bonds. The van der Waals surface area contributed by atoms with E-state index in [0.717, 1.165) is 5.56 Å². The normalized spacial score (nSPS) is 8.83. The summed E-state index contributed by atoms with van der Waals surface area (Å²) >= 11 is 0. The Balaban J connectivity index is 0.00000121. The molecule has 0 saturated carbocycles. The molecule has 0 heterocycles. The van der Waals surface area contributed by atoms with Gasteiger partial charge in [-0.2, -0.15) is 29.8 Å². The van der Waals surface area contributed by atoms with E-state index in [1.54, 1.807) is 18.2 Å². The molecule has 0 saturated heterocycles. The van der Waals surface area contributed by atoms with Gasteiger partial charge in [0.05, 0.1) is 6.54 Å². The monoisotopic (exact) mass is 237 g/mol. The van der Waals surface area contributed by atoms with E-state index >= 15 is 0 Å². The Labute approximate surface area is 97.4 Å². The number of carbonyl (C=O) groups excluding carboxylic acids is 1. The van der Waals surface area contributed by atoms with Gasteiger partial charge in [0.1, 0.15) is 0 Å². The van der Waals surface area contributed by atoms with Crippen LogP contribution in [0, 0.1) is 13.0 Å². The van der Waals surface area contributed by atoms with Crippen LogP contribution >= 0.6 is 0 Å².